The maximum atomic E-state index is 5.74. The van der Waals surface area contributed by atoms with Crippen LogP contribution < -0.4 is 10.5 Å². The topological polar surface area (TPSA) is 61.3 Å². The molecule has 0 aliphatic heterocycles. The number of nitrogens with zero attached hydrogens (tertiary/aromatic N) is 1. The molecule has 2 aromatic rings. The number of methoxy groups -OCH3 is 1. The van der Waals surface area contributed by atoms with Crippen molar-refractivity contribution in [3.8, 4) is 17.1 Å². The van der Waals surface area contributed by atoms with Gasteiger partial charge in [0.05, 0.1) is 12.8 Å². The number of ether oxygens (including phenoxy) is 1. The highest BCUT2D eigenvalue weighted by atomic mass is 16.5. The molecule has 18 heavy (non-hydrogen) atoms. The second-order valence-corrected chi connectivity index (χ2v) is 4.25. The Kier molecular flexibility index (Phi) is 3.67. The molecule has 2 N–H and O–H groups in total. The van der Waals surface area contributed by atoms with Crippen LogP contribution in [0.5, 0.6) is 5.75 Å². The van der Waals surface area contributed by atoms with Crippen molar-refractivity contribution in [1.82, 2.24) is 4.98 Å². The van der Waals surface area contributed by atoms with Crippen LogP contribution in [-0.2, 0) is 6.42 Å². The molecule has 0 aliphatic carbocycles. The Hall–Kier alpha value is -1.81. The average molecular weight is 246 g/mol. The molecule has 4 heteroatoms. The lowest BCUT2D eigenvalue weighted by atomic mass is 10.1. The number of hydrogen-bond acceptors (Lipinski definition) is 4. The lowest BCUT2D eigenvalue weighted by Crippen LogP contribution is -2.02. The van der Waals surface area contributed by atoms with Crippen molar-refractivity contribution in [3.63, 3.8) is 0 Å². The summed E-state index contributed by atoms with van der Waals surface area (Å²) in [6, 6.07) is 5.96. The standard InChI is InChI=1S/C14H18N2O2/c1-9-8-11(4-5-12(9)17-3)14-10(2)16-13(18-14)6-7-15/h4-5,8H,6-7,15H2,1-3H3. The van der Waals surface area contributed by atoms with Gasteiger partial charge in [-0.2, -0.15) is 0 Å². The van der Waals surface area contributed by atoms with Crippen molar-refractivity contribution in [2.75, 3.05) is 13.7 Å². The molecule has 0 spiro atoms. The molecule has 0 bridgehead atoms. The molecule has 0 saturated heterocycles. The molecule has 4 nitrogen and oxygen atoms in total. The number of benzene rings is 1. The highest BCUT2D eigenvalue weighted by Gasteiger charge is 2.12. The average Bonchev–Trinajstić information content (AvgIpc) is 2.71. The zero-order valence-electron chi connectivity index (χ0n) is 11.0. The zero-order valence-corrected chi connectivity index (χ0v) is 11.0. The van der Waals surface area contributed by atoms with Gasteiger partial charge in [0.2, 0.25) is 0 Å². The molecular weight excluding hydrogens is 228 g/mol. The minimum Gasteiger partial charge on any atom is -0.496 e. The summed E-state index contributed by atoms with van der Waals surface area (Å²) in [5.41, 5.74) is 8.49. The molecule has 0 amide bonds. The van der Waals surface area contributed by atoms with E-state index in [2.05, 4.69) is 4.98 Å². The molecule has 0 atom stereocenters. The second kappa shape index (κ2) is 5.23. The first-order chi connectivity index (χ1) is 8.65. The van der Waals surface area contributed by atoms with E-state index in [0.717, 1.165) is 28.3 Å². The molecule has 1 aromatic carbocycles. The SMILES string of the molecule is COc1ccc(-c2oc(CCN)nc2C)cc1C. The number of hydrogen-bond donors (Lipinski definition) is 1. The molecular formula is C14H18N2O2. The van der Waals surface area contributed by atoms with Gasteiger partial charge in [-0.1, -0.05) is 0 Å². The number of oxazole rings is 1. The predicted molar refractivity (Wildman–Crippen MR) is 70.7 cm³/mol. The smallest absolute Gasteiger partial charge is 0.196 e. The van der Waals surface area contributed by atoms with Gasteiger partial charge in [0, 0.05) is 18.5 Å². The Morgan fingerprint density at radius 1 is 1.33 bits per heavy atom. The van der Waals surface area contributed by atoms with Crippen LogP contribution in [0.3, 0.4) is 0 Å². The molecule has 0 unspecified atom stereocenters. The highest BCUT2D eigenvalue weighted by molar-refractivity contribution is 5.62. The van der Waals surface area contributed by atoms with Gasteiger partial charge in [-0.3, -0.25) is 0 Å². The van der Waals surface area contributed by atoms with E-state index >= 15 is 0 Å². The van der Waals surface area contributed by atoms with E-state index in [1.807, 2.05) is 32.0 Å². The Balaban J connectivity index is 2.39. The van der Waals surface area contributed by atoms with Crippen LogP contribution in [-0.4, -0.2) is 18.6 Å². The van der Waals surface area contributed by atoms with Crippen molar-refractivity contribution in [1.29, 1.82) is 0 Å². The van der Waals surface area contributed by atoms with Crippen LogP contribution in [0.2, 0.25) is 0 Å². The lowest BCUT2D eigenvalue weighted by Gasteiger charge is -2.05. The quantitative estimate of drug-likeness (QED) is 0.900. The number of nitrogens with two attached hydrogens (primary N) is 1. The fourth-order valence-electron chi connectivity index (χ4n) is 1.97. The van der Waals surface area contributed by atoms with E-state index in [-0.39, 0.29) is 0 Å². The summed E-state index contributed by atoms with van der Waals surface area (Å²) < 4.78 is 11.0. The first-order valence-corrected chi connectivity index (χ1v) is 5.97. The van der Waals surface area contributed by atoms with Crippen LogP contribution in [0.25, 0.3) is 11.3 Å². The molecule has 0 aliphatic rings. The molecule has 96 valence electrons. The van der Waals surface area contributed by atoms with Crippen molar-refractivity contribution in [2.24, 2.45) is 5.73 Å². The van der Waals surface area contributed by atoms with Gasteiger partial charge in [-0.25, -0.2) is 4.98 Å². The summed E-state index contributed by atoms with van der Waals surface area (Å²) in [7, 11) is 1.67. The highest BCUT2D eigenvalue weighted by Crippen LogP contribution is 2.28. The monoisotopic (exact) mass is 246 g/mol. The lowest BCUT2D eigenvalue weighted by molar-refractivity contribution is 0.411. The summed E-state index contributed by atoms with van der Waals surface area (Å²) in [5, 5.41) is 0. The van der Waals surface area contributed by atoms with E-state index in [0.29, 0.717) is 18.9 Å². The van der Waals surface area contributed by atoms with E-state index in [1.165, 1.54) is 0 Å². The summed E-state index contributed by atoms with van der Waals surface area (Å²) in [5.74, 6) is 2.38. The molecule has 0 saturated carbocycles. The number of aryl methyl sites for hydroxylation is 2. The number of rotatable bonds is 4. The van der Waals surface area contributed by atoms with Crippen molar-refractivity contribution < 1.29 is 9.15 Å². The second-order valence-electron chi connectivity index (χ2n) is 4.25. The van der Waals surface area contributed by atoms with Gasteiger partial charge in [0.1, 0.15) is 5.75 Å². The fraction of sp³-hybridized carbons (Fsp3) is 0.357. The largest absolute Gasteiger partial charge is 0.496 e. The summed E-state index contributed by atoms with van der Waals surface area (Å²) in [6.07, 6.45) is 0.663. The van der Waals surface area contributed by atoms with Crippen molar-refractivity contribution in [3.05, 3.63) is 35.3 Å². The van der Waals surface area contributed by atoms with Gasteiger partial charge in [0.25, 0.3) is 0 Å². The Bertz CT molecular complexity index is 547. The molecule has 1 aromatic heterocycles. The van der Waals surface area contributed by atoms with Crippen molar-refractivity contribution >= 4 is 0 Å². The first kappa shape index (κ1) is 12.6. The molecule has 1 heterocycles. The van der Waals surface area contributed by atoms with Gasteiger partial charge < -0.3 is 14.9 Å². The van der Waals surface area contributed by atoms with Gasteiger partial charge in [-0.05, 0) is 37.6 Å². The van der Waals surface area contributed by atoms with Crippen LogP contribution in [0.1, 0.15) is 17.1 Å². The van der Waals surface area contributed by atoms with Crippen molar-refractivity contribution in [2.45, 2.75) is 20.3 Å². The first-order valence-electron chi connectivity index (χ1n) is 5.97. The third-order valence-electron chi connectivity index (χ3n) is 2.86. The molecule has 0 radical (unpaired) electrons. The Labute approximate surface area is 107 Å². The fourth-order valence-corrected chi connectivity index (χ4v) is 1.97. The summed E-state index contributed by atoms with van der Waals surface area (Å²) >= 11 is 0. The summed E-state index contributed by atoms with van der Waals surface area (Å²) in [6.45, 7) is 4.49. The third-order valence-corrected chi connectivity index (χ3v) is 2.86. The van der Waals surface area contributed by atoms with Gasteiger partial charge in [0.15, 0.2) is 11.7 Å². The van der Waals surface area contributed by atoms with Crippen LogP contribution in [0.15, 0.2) is 22.6 Å². The Morgan fingerprint density at radius 3 is 2.72 bits per heavy atom. The van der Waals surface area contributed by atoms with Gasteiger partial charge >= 0.3 is 0 Å². The van der Waals surface area contributed by atoms with E-state index < -0.39 is 0 Å². The summed E-state index contributed by atoms with van der Waals surface area (Å²) in [4.78, 5) is 4.37. The van der Waals surface area contributed by atoms with E-state index in [1.54, 1.807) is 7.11 Å². The molecule has 2 rings (SSSR count). The zero-order chi connectivity index (χ0) is 13.1. The maximum Gasteiger partial charge on any atom is 0.196 e. The van der Waals surface area contributed by atoms with E-state index in [9.17, 15) is 0 Å². The Morgan fingerprint density at radius 2 is 2.11 bits per heavy atom. The third kappa shape index (κ3) is 2.38. The van der Waals surface area contributed by atoms with Gasteiger partial charge in [-0.15, -0.1) is 0 Å². The minimum atomic E-state index is 0.543. The van der Waals surface area contributed by atoms with Crippen LogP contribution in [0.4, 0.5) is 0 Å². The maximum absolute atomic E-state index is 5.74. The normalized spacial score (nSPS) is 10.7. The van der Waals surface area contributed by atoms with Crippen LogP contribution >= 0.6 is 0 Å². The minimum absolute atomic E-state index is 0.543. The van der Waals surface area contributed by atoms with E-state index in [4.69, 9.17) is 14.9 Å². The number of aromatic nitrogens is 1. The van der Waals surface area contributed by atoms with Crippen LogP contribution in [0, 0.1) is 13.8 Å². The predicted octanol–water partition coefficient (Wildman–Crippen LogP) is 2.47. The molecule has 0 fully saturated rings.